The Morgan fingerprint density at radius 1 is 0.442 bits per heavy atom. The van der Waals surface area contributed by atoms with Gasteiger partial charge in [0.2, 0.25) is 11.8 Å². The highest BCUT2D eigenvalue weighted by molar-refractivity contribution is 5.85. The van der Waals surface area contributed by atoms with Gasteiger partial charge in [0.25, 0.3) is 0 Å². The number of hydrogen-bond acceptors (Lipinski definition) is 3. The Balaban J connectivity index is 1.37. The van der Waals surface area contributed by atoms with E-state index < -0.39 is 0 Å². The predicted octanol–water partition coefficient (Wildman–Crippen LogP) is 10.6. The molecule has 0 radical (unpaired) electrons. The number of hydrogen-bond donors (Lipinski definition) is 0. The van der Waals surface area contributed by atoms with Crippen LogP contribution >= 0.6 is 0 Å². The maximum atomic E-state index is 6.04. The minimum Gasteiger partial charge on any atom is -0.416 e. The van der Waals surface area contributed by atoms with Crippen molar-refractivity contribution in [3.05, 3.63) is 154 Å². The third-order valence-electron chi connectivity index (χ3n) is 7.87. The molecule has 0 amide bonds. The van der Waals surface area contributed by atoms with Crippen LogP contribution in [-0.2, 0) is 0 Å². The molecule has 0 bridgehead atoms. The predicted molar refractivity (Wildman–Crippen MR) is 180 cm³/mol. The molecule has 1 aromatic heterocycles. The first kappa shape index (κ1) is 27.9. The molecule has 0 N–H and O–H groups in total. The summed E-state index contributed by atoms with van der Waals surface area (Å²) in [5, 5.41) is 8.61. The zero-order valence-electron chi connectivity index (χ0n) is 25.0. The maximum absolute atomic E-state index is 6.04. The van der Waals surface area contributed by atoms with Crippen LogP contribution in [0.5, 0.6) is 0 Å². The Morgan fingerprint density at radius 3 is 1.47 bits per heavy atom. The number of rotatable bonds is 7. The van der Waals surface area contributed by atoms with Gasteiger partial charge in [-0.1, -0.05) is 109 Å². The zero-order chi connectivity index (χ0) is 29.8. The van der Waals surface area contributed by atoms with Crippen molar-refractivity contribution in [3.8, 4) is 34.0 Å². The van der Waals surface area contributed by atoms with Gasteiger partial charge in [0.15, 0.2) is 0 Å². The van der Waals surface area contributed by atoms with Crippen LogP contribution in [0.4, 0.5) is 0 Å². The molecule has 1 heterocycles. The Hall–Kier alpha value is -5.28. The molecule has 0 aliphatic heterocycles. The summed E-state index contributed by atoms with van der Waals surface area (Å²) in [4.78, 5) is 0. The molecule has 6 aromatic rings. The molecule has 6 rings (SSSR count). The third kappa shape index (κ3) is 6.32. The van der Waals surface area contributed by atoms with E-state index in [9.17, 15) is 0 Å². The zero-order valence-corrected chi connectivity index (χ0v) is 25.0. The van der Waals surface area contributed by atoms with E-state index in [4.69, 9.17) is 4.42 Å². The van der Waals surface area contributed by atoms with Gasteiger partial charge in [-0.25, -0.2) is 0 Å². The standard InChI is InChI=1S/C40H34N2O/c1-27-13-15-34(16-14-27)39-41-42-40(43-39)35-21-19-33(20-22-35)38-26-36(23-17-31-11-7-5-9-28(31)2)30(4)25-37(38)24-18-32-12-8-6-10-29(32)3/h5-26H,1-4H3/b23-17?,24-18+. The van der Waals surface area contributed by atoms with Gasteiger partial charge in [-0.05, 0) is 108 Å². The summed E-state index contributed by atoms with van der Waals surface area (Å²) in [7, 11) is 0. The lowest BCUT2D eigenvalue weighted by Gasteiger charge is -2.12. The van der Waals surface area contributed by atoms with E-state index in [2.05, 4.69) is 147 Å². The van der Waals surface area contributed by atoms with Crippen molar-refractivity contribution in [3.63, 3.8) is 0 Å². The van der Waals surface area contributed by atoms with E-state index in [1.54, 1.807) is 0 Å². The highest BCUT2D eigenvalue weighted by Crippen LogP contribution is 2.32. The molecule has 0 saturated heterocycles. The van der Waals surface area contributed by atoms with Crippen LogP contribution in [0.2, 0.25) is 0 Å². The smallest absolute Gasteiger partial charge is 0.248 e. The summed E-state index contributed by atoms with van der Waals surface area (Å²) in [6.45, 7) is 8.53. The molecular formula is C40H34N2O. The lowest BCUT2D eigenvalue weighted by molar-refractivity contribution is 0.584. The summed E-state index contributed by atoms with van der Waals surface area (Å²) < 4.78 is 6.04. The first-order valence-electron chi connectivity index (χ1n) is 14.6. The van der Waals surface area contributed by atoms with E-state index in [0.717, 1.165) is 22.3 Å². The van der Waals surface area contributed by atoms with Crippen LogP contribution in [0.25, 0.3) is 58.3 Å². The van der Waals surface area contributed by atoms with Crippen LogP contribution in [0.15, 0.2) is 114 Å². The van der Waals surface area contributed by atoms with Gasteiger partial charge >= 0.3 is 0 Å². The van der Waals surface area contributed by atoms with Crippen molar-refractivity contribution in [1.82, 2.24) is 10.2 Å². The van der Waals surface area contributed by atoms with Gasteiger partial charge in [-0.15, -0.1) is 10.2 Å². The van der Waals surface area contributed by atoms with E-state index in [0.29, 0.717) is 11.8 Å². The second-order valence-corrected chi connectivity index (χ2v) is 11.0. The second kappa shape index (κ2) is 12.3. The molecule has 0 saturated carbocycles. The minimum absolute atomic E-state index is 0.507. The van der Waals surface area contributed by atoms with E-state index in [-0.39, 0.29) is 0 Å². The van der Waals surface area contributed by atoms with E-state index >= 15 is 0 Å². The molecule has 0 aliphatic carbocycles. The molecule has 3 nitrogen and oxygen atoms in total. The quantitative estimate of drug-likeness (QED) is 0.183. The molecule has 5 aromatic carbocycles. The first-order valence-corrected chi connectivity index (χ1v) is 14.6. The fourth-order valence-corrected chi connectivity index (χ4v) is 5.17. The largest absolute Gasteiger partial charge is 0.416 e. The maximum Gasteiger partial charge on any atom is 0.248 e. The van der Waals surface area contributed by atoms with Crippen LogP contribution < -0.4 is 0 Å². The SMILES string of the molecule is Cc1ccc(-c2nnc(-c3ccc(-c4cc(C=Cc5ccccc5C)c(C)cc4/C=C/c4ccccc4C)cc3)o2)cc1. The molecule has 210 valence electrons. The Bertz CT molecular complexity index is 1940. The lowest BCUT2D eigenvalue weighted by atomic mass is 9.92. The fourth-order valence-electron chi connectivity index (χ4n) is 5.17. The lowest BCUT2D eigenvalue weighted by Crippen LogP contribution is -1.90. The third-order valence-corrected chi connectivity index (χ3v) is 7.87. The Morgan fingerprint density at radius 2 is 0.907 bits per heavy atom. The van der Waals surface area contributed by atoms with Crippen molar-refractivity contribution >= 4 is 24.3 Å². The molecule has 43 heavy (non-hydrogen) atoms. The summed E-state index contributed by atoms with van der Waals surface area (Å²) in [6.07, 6.45) is 8.85. The molecule has 0 unspecified atom stereocenters. The Kier molecular flexibility index (Phi) is 7.97. The molecule has 0 fully saturated rings. The van der Waals surface area contributed by atoms with Crippen LogP contribution in [0.1, 0.15) is 44.5 Å². The molecule has 0 aliphatic rings. The monoisotopic (exact) mass is 558 g/mol. The van der Waals surface area contributed by atoms with Crippen molar-refractivity contribution < 1.29 is 4.42 Å². The van der Waals surface area contributed by atoms with Gasteiger partial charge in [-0.3, -0.25) is 0 Å². The highest BCUT2D eigenvalue weighted by atomic mass is 16.4. The second-order valence-electron chi connectivity index (χ2n) is 11.0. The van der Waals surface area contributed by atoms with Gasteiger partial charge in [0, 0.05) is 11.1 Å². The van der Waals surface area contributed by atoms with Crippen LogP contribution in [0, 0.1) is 27.7 Å². The van der Waals surface area contributed by atoms with Crippen molar-refractivity contribution in [2.45, 2.75) is 27.7 Å². The van der Waals surface area contributed by atoms with Gasteiger partial charge in [-0.2, -0.15) is 0 Å². The van der Waals surface area contributed by atoms with E-state index in [1.807, 2.05) is 24.3 Å². The van der Waals surface area contributed by atoms with Crippen molar-refractivity contribution in [2.24, 2.45) is 0 Å². The summed E-state index contributed by atoms with van der Waals surface area (Å²) in [6, 6.07) is 38.0. The van der Waals surface area contributed by atoms with Crippen LogP contribution in [0.3, 0.4) is 0 Å². The molecular weight excluding hydrogens is 524 g/mol. The normalized spacial score (nSPS) is 11.5. The Labute approximate surface area is 253 Å². The molecule has 3 heteroatoms. The number of nitrogens with zero attached hydrogens (tertiary/aromatic N) is 2. The average Bonchev–Trinajstić information content (AvgIpc) is 3.52. The van der Waals surface area contributed by atoms with Crippen LogP contribution in [-0.4, -0.2) is 10.2 Å². The number of benzene rings is 5. The summed E-state index contributed by atoms with van der Waals surface area (Å²) in [5.74, 6) is 1.03. The fraction of sp³-hybridized carbons (Fsp3) is 0.100. The first-order chi connectivity index (χ1) is 20.9. The molecule has 0 spiro atoms. The van der Waals surface area contributed by atoms with Gasteiger partial charge in [0.05, 0.1) is 0 Å². The topological polar surface area (TPSA) is 38.9 Å². The summed E-state index contributed by atoms with van der Waals surface area (Å²) >= 11 is 0. The summed E-state index contributed by atoms with van der Waals surface area (Å²) in [5.41, 5.74) is 13.8. The van der Waals surface area contributed by atoms with Crippen molar-refractivity contribution in [1.29, 1.82) is 0 Å². The van der Waals surface area contributed by atoms with Gasteiger partial charge in [0.1, 0.15) is 0 Å². The van der Waals surface area contributed by atoms with Crippen molar-refractivity contribution in [2.75, 3.05) is 0 Å². The number of aromatic nitrogens is 2. The molecule has 0 atom stereocenters. The van der Waals surface area contributed by atoms with Gasteiger partial charge < -0.3 is 4.42 Å². The minimum atomic E-state index is 0.507. The number of aryl methyl sites for hydroxylation is 4. The highest BCUT2D eigenvalue weighted by Gasteiger charge is 2.12. The average molecular weight is 559 g/mol. The van der Waals surface area contributed by atoms with E-state index in [1.165, 1.54) is 44.5 Å².